The maximum atomic E-state index is 12.5. The highest BCUT2D eigenvalue weighted by molar-refractivity contribution is 5.95. The van der Waals surface area contributed by atoms with Gasteiger partial charge in [0.2, 0.25) is 0 Å². The SMILES string of the molecule is Cc1ccc(N2CC3(COCCN(Cc4cccnc4)C3)OCC2=O)cc1. The van der Waals surface area contributed by atoms with E-state index in [0.717, 1.165) is 30.9 Å². The second-order valence-corrected chi connectivity index (χ2v) is 7.41. The Morgan fingerprint density at radius 2 is 2.04 bits per heavy atom. The van der Waals surface area contributed by atoms with E-state index in [0.29, 0.717) is 19.8 Å². The van der Waals surface area contributed by atoms with Crippen molar-refractivity contribution in [2.45, 2.75) is 19.1 Å². The van der Waals surface area contributed by atoms with Crippen molar-refractivity contribution < 1.29 is 14.3 Å². The molecule has 4 rings (SSSR count). The first-order chi connectivity index (χ1) is 13.1. The Morgan fingerprint density at radius 3 is 2.81 bits per heavy atom. The number of carbonyl (C=O) groups is 1. The van der Waals surface area contributed by atoms with E-state index in [4.69, 9.17) is 9.47 Å². The topological polar surface area (TPSA) is 54.9 Å². The van der Waals surface area contributed by atoms with Crippen molar-refractivity contribution in [3.8, 4) is 0 Å². The number of anilines is 1. The molecule has 142 valence electrons. The molecule has 2 aliphatic heterocycles. The molecule has 2 aromatic rings. The number of hydrogen-bond acceptors (Lipinski definition) is 5. The highest BCUT2D eigenvalue weighted by Gasteiger charge is 2.43. The van der Waals surface area contributed by atoms with Crippen LogP contribution in [0, 0.1) is 6.92 Å². The number of aryl methyl sites for hydroxylation is 1. The lowest BCUT2D eigenvalue weighted by molar-refractivity contribution is -0.146. The molecule has 3 heterocycles. The Morgan fingerprint density at radius 1 is 1.19 bits per heavy atom. The molecule has 1 unspecified atom stereocenters. The fourth-order valence-corrected chi connectivity index (χ4v) is 3.73. The van der Waals surface area contributed by atoms with Crippen LogP contribution < -0.4 is 4.90 Å². The number of ether oxygens (including phenoxy) is 2. The Bertz CT molecular complexity index is 781. The minimum atomic E-state index is -0.516. The fourth-order valence-electron chi connectivity index (χ4n) is 3.73. The first kappa shape index (κ1) is 18.1. The quantitative estimate of drug-likeness (QED) is 0.831. The van der Waals surface area contributed by atoms with Crippen molar-refractivity contribution in [3.05, 3.63) is 59.9 Å². The number of pyridine rings is 1. The second kappa shape index (κ2) is 7.76. The minimum Gasteiger partial charge on any atom is -0.377 e. The van der Waals surface area contributed by atoms with Gasteiger partial charge in [0.25, 0.3) is 5.91 Å². The molecule has 2 saturated heterocycles. The highest BCUT2D eigenvalue weighted by atomic mass is 16.6. The molecule has 1 spiro atoms. The van der Waals surface area contributed by atoms with Gasteiger partial charge in [-0.15, -0.1) is 0 Å². The number of amides is 1. The van der Waals surface area contributed by atoms with Gasteiger partial charge < -0.3 is 14.4 Å². The molecular weight excluding hydrogens is 342 g/mol. The van der Waals surface area contributed by atoms with Crippen LogP contribution in [-0.2, 0) is 20.8 Å². The summed E-state index contributed by atoms with van der Waals surface area (Å²) < 4.78 is 11.9. The van der Waals surface area contributed by atoms with Crippen molar-refractivity contribution in [3.63, 3.8) is 0 Å². The van der Waals surface area contributed by atoms with Crippen LogP contribution in [0.5, 0.6) is 0 Å². The molecule has 1 aromatic carbocycles. The van der Waals surface area contributed by atoms with Crippen LogP contribution >= 0.6 is 0 Å². The smallest absolute Gasteiger partial charge is 0.253 e. The normalized spacial score (nSPS) is 24.2. The summed E-state index contributed by atoms with van der Waals surface area (Å²) in [6.45, 7) is 6.12. The molecule has 1 amide bonds. The van der Waals surface area contributed by atoms with Gasteiger partial charge >= 0.3 is 0 Å². The van der Waals surface area contributed by atoms with Gasteiger partial charge in [-0.1, -0.05) is 23.8 Å². The molecule has 6 nitrogen and oxygen atoms in total. The van der Waals surface area contributed by atoms with Crippen LogP contribution in [0.1, 0.15) is 11.1 Å². The van der Waals surface area contributed by atoms with E-state index in [1.54, 1.807) is 6.20 Å². The minimum absolute atomic E-state index is 0.00691. The summed E-state index contributed by atoms with van der Waals surface area (Å²) in [6.07, 6.45) is 3.67. The van der Waals surface area contributed by atoms with Gasteiger partial charge in [-0.25, -0.2) is 0 Å². The summed E-state index contributed by atoms with van der Waals surface area (Å²) in [6, 6.07) is 12.1. The average molecular weight is 367 g/mol. The van der Waals surface area contributed by atoms with E-state index in [2.05, 4.69) is 16.0 Å². The lowest BCUT2D eigenvalue weighted by Gasteiger charge is -2.43. The number of nitrogens with zero attached hydrogens (tertiary/aromatic N) is 3. The van der Waals surface area contributed by atoms with Gasteiger partial charge in [-0.05, 0) is 30.7 Å². The third-order valence-corrected chi connectivity index (χ3v) is 5.15. The van der Waals surface area contributed by atoms with E-state index >= 15 is 0 Å². The molecule has 0 bridgehead atoms. The zero-order valence-corrected chi connectivity index (χ0v) is 15.6. The lowest BCUT2D eigenvalue weighted by Crippen LogP contribution is -2.60. The number of hydrogen-bond donors (Lipinski definition) is 0. The van der Waals surface area contributed by atoms with E-state index in [1.165, 1.54) is 5.56 Å². The van der Waals surface area contributed by atoms with Crippen LogP contribution in [0.25, 0.3) is 0 Å². The Hall–Kier alpha value is -2.28. The second-order valence-electron chi connectivity index (χ2n) is 7.41. The predicted molar refractivity (Wildman–Crippen MR) is 103 cm³/mol. The van der Waals surface area contributed by atoms with Gasteiger partial charge in [0, 0.05) is 37.7 Å². The first-order valence-electron chi connectivity index (χ1n) is 9.34. The third kappa shape index (κ3) is 4.18. The summed E-state index contributed by atoms with van der Waals surface area (Å²) in [5.41, 5.74) is 2.74. The zero-order valence-electron chi connectivity index (χ0n) is 15.6. The van der Waals surface area contributed by atoms with Gasteiger partial charge in [0.1, 0.15) is 12.2 Å². The average Bonchev–Trinajstić information content (AvgIpc) is 2.88. The van der Waals surface area contributed by atoms with Gasteiger partial charge in [0.05, 0.1) is 19.8 Å². The number of benzene rings is 1. The Balaban J connectivity index is 1.53. The molecule has 0 saturated carbocycles. The van der Waals surface area contributed by atoms with Crippen molar-refractivity contribution in [2.75, 3.05) is 44.4 Å². The molecule has 2 aliphatic rings. The van der Waals surface area contributed by atoms with Crippen LogP contribution in [0.3, 0.4) is 0 Å². The van der Waals surface area contributed by atoms with E-state index in [1.807, 2.05) is 48.4 Å². The van der Waals surface area contributed by atoms with Crippen molar-refractivity contribution in [1.29, 1.82) is 0 Å². The maximum Gasteiger partial charge on any atom is 0.253 e. The maximum absolute atomic E-state index is 12.5. The zero-order chi connectivity index (χ0) is 18.7. The molecule has 1 aromatic heterocycles. The summed E-state index contributed by atoms with van der Waals surface area (Å²) in [5.74, 6) is -0.00691. The van der Waals surface area contributed by atoms with Gasteiger partial charge in [-0.3, -0.25) is 14.7 Å². The van der Waals surface area contributed by atoms with Crippen molar-refractivity contribution in [2.24, 2.45) is 0 Å². The van der Waals surface area contributed by atoms with Crippen molar-refractivity contribution in [1.82, 2.24) is 9.88 Å². The lowest BCUT2D eigenvalue weighted by atomic mass is 10.0. The first-order valence-corrected chi connectivity index (χ1v) is 9.34. The fraction of sp³-hybridized carbons (Fsp3) is 0.429. The number of morpholine rings is 1. The molecule has 0 radical (unpaired) electrons. The summed E-state index contributed by atoms with van der Waals surface area (Å²) >= 11 is 0. The summed E-state index contributed by atoms with van der Waals surface area (Å²) in [4.78, 5) is 20.9. The highest BCUT2D eigenvalue weighted by Crippen LogP contribution is 2.28. The van der Waals surface area contributed by atoms with Crippen LogP contribution in [0.4, 0.5) is 5.69 Å². The molecule has 0 aliphatic carbocycles. The largest absolute Gasteiger partial charge is 0.377 e. The van der Waals surface area contributed by atoms with E-state index in [9.17, 15) is 4.79 Å². The van der Waals surface area contributed by atoms with Gasteiger partial charge in [0.15, 0.2) is 0 Å². The molecule has 1 atom stereocenters. The molecule has 6 heteroatoms. The summed E-state index contributed by atoms with van der Waals surface area (Å²) in [5, 5.41) is 0. The number of rotatable bonds is 3. The standard InChI is InChI=1S/C21H25N3O3/c1-17-4-6-19(7-5-17)24-15-21(27-13-20(24)25)14-23(9-10-26-16-21)12-18-3-2-8-22-11-18/h2-8,11H,9-10,12-16H2,1H3. The van der Waals surface area contributed by atoms with E-state index < -0.39 is 5.60 Å². The predicted octanol–water partition coefficient (Wildman–Crippen LogP) is 2.02. The van der Waals surface area contributed by atoms with E-state index in [-0.39, 0.29) is 12.5 Å². The van der Waals surface area contributed by atoms with Crippen LogP contribution in [0.15, 0.2) is 48.8 Å². The molecule has 2 fully saturated rings. The van der Waals surface area contributed by atoms with Gasteiger partial charge in [-0.2, -0.15) is 0 Å². The third-order valence-electron chi connectivity index (χ3n) is 5.15. The molecular formula is C21H25N3O3. The molecule has 27 heavy (non-hydrogen) atoms. The number of aromatic nitrogens is 1. The monoisotopic (exact) mass is 367 g/mol. The number of carbonyl (C=O) groups excluding carboxylic acids is 1. The van der Waals surface area contributed by atoms with Crippen LogP contribution in [-0.4, -0.2) is 60.8 Å². The molecule has 0 N–H and O–H groups in total. The van der Waals surface area contributed by atoms with Crippen molar-refractivity contribution >= 4 is 11.6 Å². The van der Waals surface area contributed by atoms with Crippen LogP contribution in [0.2, 0.25) is 0 Å². The Labute approximate surface area is 159 Å². The Kier molecular flexibility index (Phi) is 5.20. The summed E-state index contributed by atoms with van der Waals surface area (Å²) in [7, 11) is 0.